The molecule has 206 valence electrons. The Balaban J connectivity index is 1.41. The van der Waals surface area contributed by atoms with Gasteiger partial charge in [0.1, 0.15) is 11.6 Å². The number of anilines is 3. The smallest absolute Gasteiger partial charge is 0.407 e. The number of thiazole rings is 1. The molecule has 1 aliphatic heterocycles. The van der Waals surface area contributed by atoms with Gasteiger partial charge in [0.25, 0.3) is 0 Å². The van der Waals surface area contributed by atoms with E-state index < -0.39 is 11.6 Å². The fraction of sp³-hybridized carbons (Fsp3) is 0.429. The standard InChI is InChI=1S/C28H34FN7O2S/c1-6-21-25(33(5)26-31-22(17-39-26)18-7-9-19(29)10-8-18)36-23(30-21)11-12-24(32-36)34-15-13-20(14-16-34)35(27(37)38)28(2,3)4/h7-12,17,20H,6,13-16H2,1-5H3,(H,37,38). The lowest BCUT2D eigenvalue weighted by atomic mass is 9.97. The molecule has 3 aromatic heterocycles. The molecule has 1 saturated heterocycles. The number of hydrogen-bond acceptors (Lipinski definition) is 7. The second kappa shape index (κ2) is 10.4. The van der Waals surface area contributed by atoms with Crippen molar-refractivity contribution in [2.75, 3.05) is 29.9 Å². The zero-order valence-corrected chi connectivity index (χ0v) is 23.7. The lowest BCUT2D eigenvalue weighted by Crippen LogP contribution is -2.54. The molecule has 0 atom stereocenters. The molecule has 11 heteroatoms. The monoisotopic (exact) mass is 551 g/mol. The molecule has 0 spiro atoms. The summed E-state index contributed by atoms with van der Waals surface area (Å²) in [5, 5.41) is 17.5. The maximum Gasteiger partial charge on any atom is 0.407 e. The molecule has 4 aromatic rings. The van der Waals surface area contributed by atoms with Gasteiger partial charge < -0.3 is 19.8 Å². The Labute approximate surface area is 231 Å². The number of aryl methyl sites for hydroxylation is 1. The number of carboxylic acid groups (broad SMARTS) is 1. The predicted octanol–water partition coefficient (Wildman–Crippen LogP) is 6.07. The summed E-state index contributed by atoms with van der Waals surface area (Å²) in [4.78, 5) is 27.4. The molecule has 5 rings (SSSR count). The van der Waals surface area contributed by atoms with E-state index in [-0.39, 0.29) is 11.9 Å². The molecule has 0 radical (unpaired) electrons. The molecule has 0 bridgehead atoms. The van der Waals surface area contributed by atoms with Crippen LogP contribution in [0.5, 0.6) is 0 Å². The van der Waals surface area contributed by atoms with Crippen LogP contribution in [-0.4, -0.2) is 67.4 Å². The highest BCUT2D eigenvalue weighted by molar-refractivity contribution is 7.14. The van der Waals surface area contributed by atoms with Crippen molar-refractivity contribution in [3.8, 4) is 11.3 Å². The number of amides is 1. The van der Waals surface area contributed by atoms with E-state index in [4.69, 9.17) is 15.1 Å². The first-order valence-corrected chi connectivity index (χ1v) is 14.1. The molecular weight excluding hydrogens is 517 g/mol. The normalized spacial score (nSPS) is 14.7. The van der Waals surface area contributed by atoms with E-state index in [1.54, 1.807) is 17.0 Å². The van der Waals surface area contributed by atoms with Crippen LogP contribution in [0.2, 0.25) is 0 Å². The third kappa shape index (κ3) is 5.27. The molecule has 0 aliphatic carbocycles. The molecular formula is C28H34FN7O2S. The Kier molecular flexibility index (Phi) is 7.19. The number of nitrogens with zero attached hydrogens (tertiary/aromatic N) is 7. The van der Waals surface area contributed by atoms with Gasteiger partial charge in [0.2, 0.25) is 0 Å². The number of hydrogen-bond donors (Lipinski definition) is 1. The Morgan fingerprint density at radius 3 is 2.44 bits per heavy atom. The largest absolute Gasteiger partial charge is 0.465 e. The van der Waals surface area contributed by atoms with Crippen LogP contribution in [0.25, 0.3) is 16.9 Å². The van der Waals surface area contributed by atoms with Crippen molar-refractivity contribution in [1.29, 1.82) is 0 Å². The van der Waals surface area contributed by atoms with Crippen LogP contribution < -0.4 is 9.80 Å². The highest BCUT2D eigenvalue weighted by Gasteiger charge is 2.35. The van der Waals surface area contributed by atoms with Crippen LogP contribution in [0.15, 0.2) is 41.8 Å². The van der Waals surface area contributed by atoms with Crippen molar-refractivity contribution >= 4 is 39.8 Å². The molecule has 9 nitrogen and oxygen atoms in total. The highest BCUT2D eigenvalue weighted by atomic mass is 32.1. The van der Waals surface area contributed by atoms with E-state index in [2.05, 4.69) is 11.8 Å². The van der Waals surface area contributed by atoms with Crippen molar-refractivity contribution in [2.45, 2.75) is 58.5 Å². The summed E-state index contributed by atoms with van der Waals surface area (Å²) in [7, 11) is 1.96. The van der Waals surface area contributed by atoms with Gasteiger partial charge in [-0.3, -0.25) is 0 Å². The topological polar surface area (TPSA) is 90.1 Å². The van der Waals surface area contributed by atoms with E-state index in [1.165, 1.54) is 23.5 Å². The number of halogens is 1. The van der Waals surface area contributed by atoms with Crippen LogP contribution >= 0.6 is 11.3 Å². The van der Waals surface area contributed by atoms with Gasteiger partial charge in [-0.1, -0.05) is 6.92 Å². The zero-order chi connectivity index (χ0) is 27.9. The minimum atomic E-state index is -0.872. The third-order valence-electron chi connectivity index (χ3n) is 7.16. The van der Waals surface area contributed by atoms with Gasteiger partial charge in [-0.05, 0) is 76.4 Å². The molecule has 0 saturated carbocycles. The summed E-state index contributed by atoms with van der Waals surface area (Å²) >= 11 is 1.51. The molecule has 1 N–H and O–H groups in total. The van der Waals surface area contributed by atoms with Gasteiger partial charge >= 0.3 is 6.09 Å². The van der Waals surface area contributed by atoms with E-state index in [0.29, 0.717) is 0 Å². The lowest BCUT2D eigenvalue weighted by Gasteiger charge is -2.43. The van der Waals surface area contributed by atoms with Crippen molar-refractivity contribution in [3.63, 3.8) is 0 Å². The summed E-state index contributed by atoms with van der Waals surface area (Å²) in [6, 6.07) is 10.3. The van der Waals surface area contributed by atoms with E-state index in [1.807, 2.05) is 54.7 Å². The number of rotatable bonds is 6. The van der Waals surface area contributed by atoms with Crippen molar-refractivity contribution in [3.05, 3.63) is 53.3 Å². The summed E-state index contributed by atoms with van der Waals surface area (Å²) < 4.78 is 15.3. The second-order valence-electron chi connectivity index (χ2n) is 10.8. The van der Waals surface area contributed by atoms with E-state index in [9.17, 15) is 14.3 Å². The second-order valence-corrected chi connectivity index (χ2v) is 11.7. The van der Waals surface area contributed by atoms with Gasteiger partial charge in [-0.25, -0.2) is 19.2 Å². The summed E-state index contributed by atoms with van der Waals surface area (Å²) in [6.45, 7) is 9.33. The van der Waals surface area contributed by atoms with Crippen LogP contribution in [0.3, 0.4) is 0 Å². The van der Waals surface area contributed by atoms with E-state index >= 15 is 0 Å². The lowest BCUT2D eigenvalue weighted by molar-refractivity contribution is 0.0615. The van der Waals surface area contributed by atoms with Crippen LogP contribution in [0.4, 0.5) is 26.0 Å². The van der Waals surface area contributed by atoms with Crippen LogP contribution in [0.1, 0.15) is 46.2 Å². The van der Waals surface area contributed by atoms with Gasteiger partial charge in [0.05, 0.1) is 11.4 Å². The summed E-state index contributed by atoms with van der Waals surface area (Å²) in [5.74, 6) is 1.41. The molecule has 1 fully saturated rings. The number of carbonyl (C=O) groups is 1. The predicted molar refractivity (Wildman–Crippen MR) is 153 cm³/mol. The van der Waals surface area contributed by atoms with Gasteiger partial charge in [-0.2, -0.15) is 4.52 Å². The van der Waals surface area contributed by atoms with Crippen molar-refractivity contribution < 1.29 is 14.3 Å². The summed E-state index contributed by atoms with van der Waals surface area (Å²) in [5.41, 5.74) is 2.87. The van der Waals surface area contributed by atoms with Gasteiger partial charge in [0.15, 0.2) is 16.6 Å². The molecule has 0 unspecified atom stereocenters. The first kappa shape index (κ1) is 26.9. The fourth-order valence-corrected chi connectivity index (χ4v) is 6.11. The SMILES string of the molecule is CCc1nc2ccc(N3CCC(N(C(=O)O)C(C)(C)C)CC3)nn2c1N(C)c1nc(-c2ccc(F)cc2)cs1. The van der Waals surface area contributed by atoms with E-state index in [0.717, 1.165) is 71.7 Å². The Morgan fingerprint density at radius 2 is 1.82 bits per heavy atom. The van der Waals surface area contributed by atoms with Crippen LogP contribution in [0, 0.1) is 5.82 Å². The minimum absolute atomic E-state index is 0.0238. The number of aromatic nitrogens is 4. The average Bonchev–Trinajstić information content (AvgIpc) is 3.53. The number of piperidine rings is 1. The zero-order valence-electron chi connectivity index (χ0n) is 22.9. The van der Waals surface area contributed by atoms with Gasteiger partial charge in [-0.15, -0.1) is 16.4 Å². The summed E-state index contributed by atoms with van der Waals surface area (Å²) in [6.07, 6.45) is 1.35. The first-order chi connectivity index (χ1) is 18.6. The van der Waals surface area contributed by atoms with Crippen molar-refractivity contribution in [1.82, 2.24) is 24.5 Å². The molecule has 4 heterocycles. The maximum absolute atomic E-state index is 13.4. The Hall–Kier alpha value is -3.73. The third-order valence-corrected chi connectivity index (χ3v) is 8.08. The quantitative estimate of drug-likeness (QED) is 0.311. The van der Waals surface area contributed by atoms with Gasteiger partial charge in [0, 0.05) is 42.7 Å². The van der Waals surface area contributed by atoms with Crippen LogP contribution in [-0.2, 0) is 6.42 Å². The first-order valence-electron chi connectivity index (χ1n) is 13.2. The minimum Gasteiger partial charge on any atom is -0.465 e. The maximum atomic E-state index is 13.4. The number of benzene rings is 1. The molecule has 1 aromatic carbocycles. The van der Waals surface area contributed by atoms with Crippen molar-refractivity contribution in [2.24, 2.45) is 0 Å². The number of imidazole rings is 1. The Bertz CT molecular complexity index is 1470. The fourth-order valence-electron chi connectivity index (χ4n) is 5.31. The number of fused-ring (bicyclic) bond motifs is 1. The average molecular weight is 552 g/mol. The highest BCUT2D eigenvalue weighted by Crippen LogP contribution is 2.34. The molecule has 1 amide bonds. The molecule has 1 aliphatic rings. The molecule has 39 heavy (non-hydrogen) atoms. The Morgan fingerprint density at radius 1 is 1.13 bits per heavy atom.